The Balaban J connectivity index is 1.58. The number of halogens is 1. The number of benzene rings is 2. The smallest absolute Gasteiger partial charge is 0.270 e. The fraction of sp³-hybridized carbons (Fsp3) is 0.208. The second-order valence-corrected chi connectivity index (χ2v) is 8.95. The maximum absolute atomic E-state index is 13.4. The van der Waals surface area contributed by atoms with Gasteiger partial charge in [0.2, 0.25) is 5.91 Å². The summed E-state index contributed by atoms with van der Waals surface area (Å²) in [4.78, 5) is 31.2. The molecule has 0 unspecified atom stereocenters. The van der Waals surface area contributed by atoms with E-state index in [2.05, 4.69) is 15.6 Å². The summed E-state index contributed by atoms with van der Waals surface area (Å²) in [5, 5.41) is 5.66. The third-order valence-corrected chi connectivity index (χ3v) is 6.62. The van der Waals surface area contributed by atoms with Crippen molar-refractivity contribution in [1.82, 2.24) is 14.7 Å². The van der Waals surface area contributed by atoms with Gasteiger partial charge < -0.3 is 10.6 Å². The zero-order valence-corrected chi connectivity index (χ0v) is 18.4. The highest BCUT2D eigenvalue weighted by molar-refractivity contribution is 7.20. The van der Waals surface area contributed by atoms with Crippen LogP contribution in [0.2, 0.25) is 0 Å². The molecule has 4 aromatic rings. The minimum absolute atomic E-state index is 0.0617. The molecule has 1 fully saturated rings. The summed E-state index contributed by atoms with van der Waals surface area (Å²) in [6.45, 7) is 2.01. The summed E-state index contributed by atoms with van der Waals surface area (Å²) >= 11 is 1.46. The number of aryl methyl sites for hydroxylation is 1. The summed E-state index contributed by atoms with van der Waals surface area (Å²) in [6, 6.07) is 11.8. The Morgan fingerprint density at radius 3 is 2.59 bits per heavy atom. The van der Waals surface area contributed by atoms with Crippen LogP contribution in [-0.2, 0) is 4.79 Å². The molecule has 8 heteroatoms. The summed E-state index contributed by atoms with van der Waals surface area (Å²) < 4.78 is 15.2. The number of aromatic nitrogens is 2. The van der Waals surface area contributed by atoms with Gasteiger partial charge in [-0.05, 0) is 67.3 Å². The molecule has 6 nitrogen and oxygen atoms in total. The van der Waals surface area contributed by atoms with Crippen molar-refractivity contribution >= 4 is 33.8 Å². The van der Waals surface area contributed by atoms with Gasteiger partial charge in [-0.3, -0.25) is 14.0 Å². The topological polar surface area (TPSA) is 75.5 Å². The van der Waals surface area contributed by atoms with Crippen molar-refractivity contribution in [2.24, 2.45) is 5.92 Å². The molecule has 2 amide bonds. The quantitative estimate of drug-likeness (QED) is 0.457. The first kappa shape index (κ1) is 20.4. The van der Waals surface area contributed by atoms with Crippen molar-refractivity contribution in [1.29, 1.82) is 0 Å². The normalized spacial score (nSPS) is 13.3. The first-order chi connectivity index (χ1) is 15.4. The van der Waals surface area contributed by atoms with Crippen LogP contribution in [0.15, 0.2) is 48.7 Å². The number of fused-ring (bicyclic) bond motifs is 1. The summed E-state index contributed by atoms with van der Waals surface area (Å²) in [5.41, 5.74) is 4.35. The summed E-state index contributed by atoms with van der Waals surface area (Å²) in [7, 11) is 1.57. The van der Waals surface area contributed by atoms with Gasteiger partial charge >= 0.3 is 0 Å². The molecule has 0 radical (unpaired) electrons. The molecule has 162 valence electrons. The van der Waals surface area contributed by atoms with Crippen molar-refractivity contribution < 1.29 is 14.0 Å². The van der Waals surface area contributed by atoms with Gasteiger partial charge in [0.15, 0.2) is 4.96 Å². The molecule has 2 heterocycles. The molecule has 0 atom stereocenters. The van der Waals surface area contributed by atoms with E-state index in [1.54, 1.807) is 23.6 Å². The molecule has 0 bridgehead atoms. The van der Waals surface area contributed by atoms with Gasteiger partial charge in [-0.15, -0.1) is 0 Å². The molecule has 0 saturated heterocycles. The molecule has 2 aromatic carbocycles. The first-order valence-corrected chi connectivity index (χ1v) is 11.2. The molecule has 1 aliphatic rings. The monoisotopic (exact) mass is 448 g/mol. The van der Waals surface area contributed by atoms with Gasteiger partial charge in [0, 0.05) is 30.4 Å². The summed E-state index contributed by atoms with van der Waals surface area (Å²) in [6.07, 6.45) is 3.79. The SMILES string of the molecule is CNC(=O)c1c(-c2ccc(F)cc2)nc2sc(-c3cc(NC(=O)C4CC4)ccc3C)cn12. The van der Waals surface area contributed by atoms with Crippen LogP contribution in [-0.4, -0.2) is 28.2 Å². The second kappa shape index (κ2) is 7.87. The highest BCUT2D eigenvalue weighted by Gasteiger charge is 2.29. The van der Waals surface area contributed by atoms with Crippen molar-refractivity contribution in [3.05, 3.63) is 65.7 Å². The Bertz CT molecular complexity index is 1350. The summed E-state index contributed by atoms with van der Waals surface area (Å²) in [5.74, 6) is -0.428. The zero-order valence-electron chi connectivity index (χ0n) is 17.6. The van der Waals surface area contributed by atoms with Crippen molar-refractivity contribution in [2.45, 2.75) is 19.8 Å². The van der Waals surface area contributed by atoms with Gasteiger partial charge in [-0.25, -0.2) is 9.37 Å². The Morgan fingerprint density at radius 2 is 1.91 bits per heavy atom. The van der Waals surface area contributed by atoms with Gasteiger partial charge in [-0.2, -0.15) is 0 Å². The number of imidazole rings is 1. The third-order valence-electron chi connectivity index (χ3n) is 5.60. The number of anilines is 1. The number of carbonyl (C=O) groups excluding carboxylic acids is 2. The van der Waals surface area contributed by atoms with E-state index in [4.69, 9.17) is 0 Å². The van der Waals surface area contributed by atoms with E-state index in [1.165, 1.54) is 23.5 Å². The van der Waals surface area contributed by atoms with Crippen LogP contribution in [0.4, 0.5) is 10.1 Å². The molecule has 32 heavy (non-hydrogen) atoms. The van der Waals surface area contributed by atoms with Crippen molar-refractivity contribution in [3.8, 4) is 21.7 Å². The van der Waals surface area contributed by atoms with Gasteiger partial charge in [0.25, 0.3) is 5.91 Å². The number of amides is 2. The van der Waals surface area contributed by atoms with Crippen molar-refractivity contribution in [3.63, 3.8) is 0 Å². The van der Waals surface area contributed by atoms with Crippen molar-refractivity contribution in [2.75, 3.05) is 12.4 Å². The van der Waals surface area contributed by atoms with Crippen LogP contribution < -0.4 is 10.6 Å². The third kappa shape index (κ3) is 3.67. The molecular formula is C24H21FN4O2S. The van der Waals surface area contributed by atoms with Crippen LogP contribution in [0.1, 0.15) is 28.9 Å². The van der Waals surface area contributed by atoms with E-state index in [9.17, 15) is 14.0 Å². The lowest BCUT2D eigenvalue weighted by Crippen LogP contribution is -2.20. The number of rotatable bonds is 5. The van der Waals surface area contributed by atoms with Crippen LogP contribution in [0.3, 0.4) is 0 Å². The second-order valence-electron chi connectivity index (χ2n) is 7.94. The molecule has 0 aliphatic heterocycles. The highest BCUT2D eigenvalue weighted by atomic mass is 32.1. The van der Waals surface area contributed by atoms with E-state index in [0.717, 1.165) is 34.5 Å². The average molecular weight is 449 g/mol. The Labute approximate surface area is 188 Å². The van der Waals surface area contributed by atoms with E-state index >= 15 is 0 Å². The van der Waals surface area contributed by atoms with E-state index in [1.807, 2.05) is 31.3 Å². The van der Waals surface area contributed by atoms with Crippen LogP contribution in [0.5, 0.6) is 0 Å². The Hall–Kier alpha value is -3.52. The highest BCUT2D eigenvalue weighted by Crippen LogP contribution is 2.36. The maximum atomic E-state index is 13.4. The van der Waals surface area contributed by atoms with E-state index in [0.29, 0.717) is 21.9 Å². The maximum Gasteiger partial charge on any atom is 0.270 e. The number of carbonyl (C=O) groups is 2. The fourth-order valence-electron chi connectivity index (χ4n) is 3.67. The van der Waals surface area contributed by atoms with Crippen LogP contribution in [0, 0.1) is 18.7 Å². The largest absolute Gasteiger partial charge is 0.354 e. The average Bonchev–Trinajstić information content (AvgIpc) is 3.47. The number of hydrogen-bond acceptors (Lipinski definition) is 4. The fourth-order valence-corrected chi connectivity index (χ4v) is 4.73. The van der Waals surface area contributed by atoms with Gasteiger partial charge in [-0.1, -0.05) is 17.4 Å². The lowest BCUT2D eigenvalue weighted by atomic mass is 10.1. The standard InChI is InChI=1S/C24H21FN4O2S/c1-13-3-10-17(27-22(30)15-4-5-15)11-18(13)19-12-29-21(23(31)26-2)20(28-24(29)32-19)14-6-8-16(25)9-7-14/h3,6-12,15H,4-5H2,1-2H3,(H,26,31)(H,27,30). The number of hydrogen-bond donors (Lipinski definition) is 2. The molecular weight excluding hydrogens is 427 g/mol. The molecule has 2 N–H and O–H groups in total. The Morgan fingerprint density at radius 1 is 1.16 bits per heavy atom. The van der Waals surface area contributed by atoms with Crippen LogP contribution >= 0.6 is 11.3 Å². The molecule has 0 spiro atoms. The predicted molar refractivity (Wildman–Crippen MR) is 123 cm³/mol. The molecule has 1 saturated carbocycles. The predicted octanol–water partition coefficient (Wildman–Crippen LogP) is 4.89. The first-order valence-electron chi connectivity index (χ1n) is 10.4. The number of nitrogens with one attached hydrogen (secondary N) is 2. The van der Waals surface area contributed by atoms with Gasteiger partial charge in [0.05, 0.1) is 4.88 Å². The lowest BCUT2D eigenvalue weighted by Gasteiger charge is -2.09. The van der Waals surface area contributed by atoms with Crippen LogP contribution in [0.25, 0.3) is 26.7 Å². The molecule has 5 rings (SSSR count). The van der Waals surface area contributed by atoms with E-state index < -0.39 is 0 Å². The Kier molecular flexibility index (Phi) is 5.01. The number of nitrogens with zero attached hydrogens (tertiary/aromatic N) is 2. The van der Waals surface area contributed by atoms with E-state index in [-0.39, 0.29) is 23.5 Å². The van der Waals surface area contributed by atoms with Gasteiger partial charge in [0.1, 0.15) is 17.2 Å². The zero-order chi connectivity index (χ0) is 22.4. The molecule has 1 aliphatic carbocycles. The lowest BCUT2D eigenvalue weighted by molar-refractivity contribution is -0.117. The minimum atomic E-state index is -0.345. The molecule has 2 aromatic heterocycles. The minimum Gasteiger partial charge on any atom is -0.354 e. The number of thiazole rings is 1.